The highest BCUT2D eigenvalue weighted by Crippen LogP contribution is 2.29. The Morgan fingerprint density at radius 3 is 2.45 bits per heavy atom. The molecule has 0 unspecified atom stereocenters. The van der Waals surface area contributed by atoms with Crippen molar-refractivity contribution in [1.82, 2.24) is 4.31 Å². The molecule has 1 aliphatic rings. The van der Waals surface area contributed by atoms with Gasteiger partial charge in [-0.15, -0.1) is 0 Å². The zero-order chi connectivity index (χ0) is 14.9. The molecule has 0 saturated carbocycles. The minimum Gasteiger partial charge on any atom is -0.399 e. The van der Waals surface area contributed by atoms with Crippen LogP contribution in [0.4, 0.5) is 5.69 Å². The number of primary amides is 1. The number of hydrogen-bond acceptors (Lipinski definition) is 4. The van der Waals surface area contributed by atoms with Crippen LogP contribution in [0.25, 0.3) is 0 Å². The van der Waals surface area contributed by atoms with Gasteiger partial charge in [0.15, 0.2) is 0 Å². The molecule has 4 N–H and O–H groups in total. The van der Waals surface area contributed by atoms with Crippen LogP contribution in [0.5, 0.6) is 0 Å². The maximum absolute atomic E-state index is 12.5. The summed E-state index contributed by atoms with van der Waals surface area (Å²) < 4.78 is 26.3. The summed E-state index contributed by atoms with van der Waals surface area (Å²) in [5.74, 6) is -0.651. The van der Waals surface area contributed by atoms with Gasteiger partial charge in [-0.25, -0.2) is 8.42 Å². The van der Waals surface area contributed by atoms with E-state index in [1.165, 1.54) is 16.4 Å². The van der Waals surface area contributed by atoms with Gasteiger partial charge < -0.3 is 11.5 Å². The number of benzene rings is 1. The lowest BCUT2D eigenvalue weighted by Crippen LogP contribution is -2.41. The van der Waals surface area contributed by atoms with E-state index in [2.05, 4.69) is 0 Å². The Kier molecular flexibility index (Phi) is 4.22. The third-order valence-corrected chi connectivity index (χ3v) is 5.81. The fraction of sp³-hybridized carbons (Fsp3) is 0.417. The first kappa shape index (κ1) is 15.1. The number of carbonyl (C=O) groups is 1. The van der Waals surface area contributed by atoms with E-state index < -0.39 is 10.0 Å². The van der Waals surface area contributed by atoms with Gasteiger partial charge in [0.1, 0.15) is 4.90 Å². The largest absolute Gasteiger partial charge is 0.399 e. The van der Waals surface area contributed by atoms with E-state index in [9.17, 15) is 13.2 Å². The molecule has 0 bridgehead atoms. The second-order valence-electron chi connectivity index (χ2n) is 4.77. The molecule has 110 valence electrons. The van der Waals surface area contributed by atoms with Gasteiger partial charge in [-0.2, -0.15) is 4.31 Å². The fourth-order valence-electron chi connectivity index (χ4n) is 2.24. The van der Waals surface area contributed by atoms with E-state index in [0.29, 0.717) is 18.5 Å². The maximum atomic E-state index is 12.5. The molecule has 1 aromatic carbocycles. The van der Waals surface area contributed by atoms with Crippen molar-refractivity contribution in [2.45, 2.75) is 17.7 Å². The fourth-order valence-corrected chi connectivity index (χ4v) is 4.22. The standard InChI is InChI=1S/C12H16ClN3O3S/c13-10-2-1-9(14)7-11(10)20(18,19)16-5-3-8(4-6-16)12(15)17/h1-2,7-8H,3-6,14H2,(H2,15,17). The van der Waals surface area contributed by atoms with Crippen molar-refractivity contribution in [3.63, 3.8) is 0 Å². The summed E-state index contributed by atoms with van der Waals surface area (Å²) in [5.41, 5.74) is 11.2. The molecule has 8 heteroatoms. The number of piperidine rings is 1. The summed E-state index contributed by atoms with van der Waals surface area (Å²) in [6.45, 7) is 0.502. The highest BCUT2D eigenvalue weighted by Gasteiger charge is 2.32. The number of carbonyl (C=O) groups excluding carboxylic acids is 1. The predicted octanol–water partition coefficient (Wildman–Crippen LogP) is 0.808. The lowest BCUT2D eigenvalue weighted by Gasteiger charge is -2.30. The Labute approximate surface area is 122 Å². The summed E-state index contributed by atoms with van der Waals surface area (Å²) >= 11 is 5.94. The molecule has 0 aromatic heterocycles. The average molecular weight is 318 g/mol. The maximum Gasteiger partial charge on any atom is 0.244 e. The van der Waals surface area contributed by atoms with Crippen LogP contribution < -0.4 is 11.5 Å². The van der Waals surface area contributed by atoms with Crippen LogP contribution in [0.2, 0.25) is 5.02 Å². The number of hydrogen-bond donors (Lipinski definition) is 2. The number of halogens is 1. The first-order valence-corrected chi connectivity index (χ1v) is 7.98. The summed E-state index contributed by atoms with van der Waals surface area (Å²) in [6.07, 6.45) is 0.850. The second kappa shape index (κ2) is 5.59. The van der Waals surface area contributed by atoms with E-state index >= 15 is 0 Å². The minimum absolute atomic E-state index is 0.00306. The van der Waals surface area contributed by atoms with E-state index in [1.54, 1.807) is 6.07 Å². The molecule has 1 saturated heterocycles. The van der Waals surface area contributed by atoms with Crippen LogP contribution in [-0.2, 0) is 14.8 Å². The quantitative estimate of drug-likeness (QED) is 0.804. The van der Waals surface area contributed by atoms with Crippen molar-refractivity contribution in [2.75, 3.05) is 18.8 Å². The molecular formula is C12H16ClN3O3S. The monoisotopic (exact) mass is 317 g/mol. The number of nitrogens with two attached hydrogens (primary N) is 2. The van der Waals surface area contributed by atoms with Crippen LogP contribution in [0, 0.1) is 5.92 Å². The highest BCUT2D eigenvalue weighted by molar-refractivity contribution is 7.89. The first-order chi connectivity index (χ1) is 9.32. The predicted molar refractivity (Wildman–Crippen MR) is 76.5 cm³/mol. The Bertz CT molecular complexity index is 625. The summed E-state index contributed by atoms with van der Waals surface area (Å²) in [6, 6.07) is 4.35. The molecular weight excluding hydrogens is 302 g/mol. The van der Waals surface area contributed by atoms with E-state index in [4.69, 9.17) is 23.1 Å². The van der Waals surface area contributed by atoms with Crippen molar-refractivity contribution < 1.29 is 13.2 Å². The molecule has 2 rings (SSSR count). The van der Waals surface area contributed by atoms with Crippen molar-refractivity contribution in [3.8, 4) is 0 Å². The van der Waals surface area contributed by atoms with E-state index in [-0.39, 0.29) is 34.8 Å². The van der Waals surface area contributed by atoms with Crippen molar-refractivity contribution in [1.29, 1.82) is 0 Å². The molecule has 1 aliphatic heterocycles. The van der Waals surface area contributed by atoms with Crippen LogP contribution in [0.15, 0.2) is 23.1 Å². The molecule has 0 atom stereocenters. The van der Waals surface area contributed by atoms with Crippen molar-refractivity contribution in [2.24, 2.45) is 11.7 Å². The van der Waals surface area contributed by atoms with Gasteiger partial charge in [-0.05, 0) is 31.0 Å². The minimum atomic E-state index is -3.70. The zero-order valence-corrected chi connectivity index (χ0v) is 12.3. The summed E-state index contributed by atoms with van der Waals surface area (Å²) in [7, 11) is -3.70. The van der Waals surface area contributed by atoms with Crippen LogP contribution >= 0.6 is 11.6 Å². The number of rotatable bonds is 3. The third-order valence-electron chi connectivity index (χ3n) is 3.43. The summed E-state index contributed by atoms with van der Waals surface area (Å²) in [5, 5.41) is 0.135. The average Bonchev–Trinajstić information content (AvgIpc) is 2.41. The lowest BCUT2D eigenvalue weighted by atomic mass is 9.98. The van der Waals surface area contributed by atoms with Gasteiger partial charge in [0.25, 0.3) is 0 Å². The Morgan fingerprint density at radius 2 is 1.90 bits per heavy atom. The van der Waals surface area contributed by atoms with Gasteiger partial charge in [-0.1, -0.05) is 11.6 Å². The topological polar surface area (TPSA) is 106 Å². The molecule has 6 nitrogen and oxygen atoms in total. The van der Waals surface area contributed by atoms with Gasteiger partial charge in [0.05, 0.1) is 5.02 Å². The Hall–Kier alpha value is -1.31. The normalized spacial score (nSPS) is 18.1. The number of anilines is 1. The van der Waals surface area contributed by atoms with Crippen LogP contribution in [0.1, 0.15) is 12.8 Å². The SMILES string of the molecule is NC(=O)C1CCN(S(=O)(=O)c2cc(N)ccc2Cl)CC1. The number of nitrogen functional groups attached to an aromatic ring is 1. The van der Waals surface area contributed by atoms with Gasteiger partial charge >= 0.3 is 0 Å². The smallest absolute Gasteiger partial charge is 0.244 e. The molecule has 1 heterocycles. The number of amides is 1. The van der Waals surface area contributed by atoms with Gasteiger partial charge in [-0.3, -0.25) is 4.79 Å². The molecule has 0 radical (unpaired) electrons. The third kappa shape index (κ3) is 2.89. The lowest BCUT2D eigenvalue weighted by molar-refractivity contribution is -0.122. The molecule has 1 fully saturated rings. The van der Waals surface area contributed by atoms with E-state index in [1.807, 2.05) is 0 Å². The van der Waals surface area contributed by atoms with E-state index in [0.717, 1.165) is 0 Å². The zero-order valence-electron chi connectivity index (χ0n) is 10.8. The molecule has 1 amide bonds. The Balaban J connectivity index is 2.24. The summed E-state index contributed by atoms with van der Waals surface area (Å²) in [4.78, 5) is 11.1. The Morgan fingerprint density at radius 1 is 1.30 bits per heavy atom. The second-order valence-corrected chi connectivity index (χ2v) is 7.08. The molecule has 1 aromatic rings. The molecule has 20 heavy (non-hydrogen) atoms. The molecule has 0 spiro atoms. The highest BCUT2D eigenvalue weighted by atomic mass is 35.5. The molecule has 0 aliphatic carbocycles. The first-order valence-electron chi connectivity index (χ1n) is 6.17. The van der Waals surface area contributed by atoms with Gasteiger partial charge in [0.2, 0.25) is 15.9 Å². The van der Waals surface area contributed by atoms with Gasteiger partial charge in [0, 0.05) is 24.7 Å². The van der Waals surface area contributed by atoms with Crippen molar-refractivity contribution in [3.05, 3.63) is 23.2 Å². The van der Waals surface area contributed by atoms with Crippen LogP contribution in [0.3, 0.4) is 0 Å². The number of nitrogens with zero attached hydrogens (tertiary/aromatic N) is 1. The van der Waals surface area contributed by atoms with Crippen LogP contribution in [-0.4, -0.2) is 31.7 Å². The number of sulfonamides is 1. The van der Waals surface area contributed by atoms with Crippen molar-refractivity contribution >= 4 is 33.2 Å².